The van der Waals surface area contributed by atoms with Crippen molar-refractivity contribution < 1.29 is 9.21 Å². The summed E-state index contributed by atoms with van der Waals surface area (Å²) in [5.41, 5.74) is 1.16. The van der Waals surface area contributed by atoms with Crippen LogP contribution in [0, 0.1) is 6.92 Å². The molecule has 0 radical (unpaired) electrons. The standard InChI is InChI=1S/C10H14O2S/c1-7-4-5-12-10(7)6-13-9(3)8(2)11/h4-5,9H,6H2,1-3H3. The minimum absolute atomic E-state index is 0.0597. The van der Waals surface area contributed by atoms with Crippen molar-refractivity contribution in [1.82, 2.24) is 0 Å². The third kappa shape index (κ3) is 2.92. The Labute approximate surface area is 82.7 Å². The van der Waals surface area contributed by atoms with Crippen molar-refractivity contribution in [2.75, 3.05) is 0 Å². The van der Waals surface area contributed by atoms with Crippen molar-refractivity contribution in [3.63, 3.8) is 0 Å². The molecule has 0 saturated heterocycles. The first-order valence-electron chi connectivity index (χ1n) is 4.26. The molecule has 0 amide bonds. The highest BCUT2D eigenvalue weighted by molar-refractivity contribution is 7.99. The molecular formula is C10H14O2S. The smallest absolute Gasteiger partial charge is 0.142 e. The minimum atomic E-state index is 0.0597. The van der Waals surface area contributed by atoms with Crippen molar-refractivity contribution in [3.8, 4) is 0 Å². The maximum atomic E-state index is 10.9. The molecule has 0 fully saturated rings. The molecule has 1 aromatic heterocycles. The van der Waals surface area contributed by atoms with Gasteiger partial charge in [-0.2, -0.15) is 0 Å². The van der Waals surface area contributed by atoms with E-state index in [4.69, 9.17) is 4.42 Å². The average Bonchev–Trinajstić information content (AvgIpc) is 2.47. The molecule has 1 atom stereocenters. The molecule has 0 saturated carbocycles. The number of hydrogen-bond donors (Lipinski definition) is 0. The van der Waals surface area contributed by atoms with E-state index in [1.807, 2.05) is 19.9 Å². The number of furan rings is 1. The first-order valence-corrected chi connectivity index (χ1v) is 5.31. The zero-order valence-corrected chi connectivity index (χ0v) is 8.98. The van der Waals surface area contributed by atoms with Gasteiger partial charge in [0, 0.05) is 0 Å². The van der Waals surface area contributed by atoms with E-state index in [2.05, 4.69) is 0 Å². The van der Waals surface area contributed by atoms with Gasteiger partial charge in [0.2, 0.25) is 0 Å². The highest BCUT2D eigenvalue weighted by atomic mass is 32.2. The molecule has 0 aliphatic carbocycles. The van der Waals surface area contributed by atoms with Gasteiger partial charge in [-0.15, -0.1) is 11.8 Å². The molecule has 1 aromatic rings. The summed E-state index contributed by atoms with van der Waals surface area (Å²) in [6, 6.07) is 1.94. The predicted molar refractivity (Wildman–Crippen MR) is 54.9 cm³/mol. The number of Topliss-reactive ketones (excluding diaryl/α,β-unsaturated/α-hetero) is 1. The van der Waals surface area contributed by atoms with Gasteiger partial charge < -0.3 is 4.42 Å². The van der Waals surface area contributed by atoms with E-state index in [-0.39, 0.29) is 11.0 Å². The van der Waals surface area contributed by atoms with Crippen LogP contribution in [0.3, 0.4) is 0 Å². The Balaban J connectivity index is 2.44. The first kappa shape index (κ1) is 10.4. The fraction of sp³-hybridized carbons (Fsp3) is 0.500. The fourth-order valence-corrected chi connectivity index (χ4v) is 1.80. The second-order valence-corrected chi connectivity index (χ2v) is 4.42. The van der Waals surface area contributed by atoms with E-state index >= 15 is 0 Å². The van der Waals surface area contributed by atoms with Crippen LogP contribution in [0.4, 0.5) is 0 Å². The largest absolute Gasteiger partial charge is 0.468 e. The quantitative estimate of drug-likeness (QED) is 0.745. The number of carbonyl (C=O) groups excluding carboxylic acids is 1. The number of carbonyl (C=O) groups is 1. The van der Waals surface area contributed by atoms with Gasteiger partial charge in [-0.1, -0.05) is 0 Å². The summed E-state index contributed by atoms with van der Waals surface area (Å²) < 4.78 is 5.26. The van der Waals surface area contributed by atoms with Crippen LogP contribution < -0.4 is 0 Å². The van der Waals surface area contributed by atoms with Crippen LogP contribution in [0.25, 0.3) is 0 Å². The second-order valence-electron chi connectivity index (χ2n) is 3.09. The second kappa shape index (κ2) is 4.51. The van der Waals surface area contributed by atoms with Gasteiger partial charge in [0.25, 0.3) is 0 Å². The maximum Gasteiger partial charge on any atom is 0.142 e. The Bertz CT molecular complexity index is 291. The Morgan fingerprint density at radius 3 is 2.85 bits per heavy atom. The lowest BCUT2D eigenvalue weighted by molar-refractivity contribution is -0.116. The molecule has 13 heavy (non-hydrogen) atoms. The molecule has 0 spiro atoms. The van der Waals surface area contributed by atoms with Crippen LogP contribution in [-0.2, 0) is 10.5 Å². The number of aryl methyl sites for hydroxylation is 1. The van der Waals surface area contributed by atoms with Crippen LogP contribution in [0.1, 0.15) is 25.2 Å². The first-order chi connectivity index (χ1) is 6.11. The molecule has 2 nitrogen and oxygen atoms in total. The molecule has 72 valence electrons. The van der Waals surface area contributed by atoms with E-state index < -0.39 is 0 Å². The Kier molecular flexibility index (Phi) is 3.60. The van der Waals surface area contributed by atoms with Crippen molar-refractivity contribution in [3.05, 3.63) is 23.7 Å². The topological polar surface area (TPSA) is 30.2 Å². The van der Waals surface area contributed by atoms with Gasteiger partial charge in [-0.25, -0.2) is 0 Å². The van der Waals surface area contributed by atoms with Crippen molar-refractivity contribution in [2.24, 2.45) is 0 Å². The highest BCUT2D eigenvalue weighted by Crippen LogP contribution is 2.20. The van der Waals surface area contributed by atoms with Crippen LogP contribution in [0.15, 0.2) is 16.7 Å². The van der Waals surface area contributed by atoms with Crippen LogP contribution >= 0.6 is 11.8 Å². The lowest BCUT2D eigenvalue weighted by Crippen LogP contribution is -2.08. The third-order valence-electron chi connectivity index (χ3n) is 2.01. The molecule has 1 rings (SSSR count). The van der Waals surface area contributed by atoms with Gasteiger partial charge in [0.1, 0.15) is 11.5 Å². The van der Waals surface area contributed by atoms with E-state index in [1.165, 1.54) is 0 Å². The van der Waals surface area contributed by atoms with Crippen molar-refractivity contribution >= 4 is 17.5 Å². The average molecular weight is 198 g/mol. The number of ketones is 1. The van der Waals surface area contributed by atoms with Gasteiger partial charge in [-0.3, -0.25) is 4.79 Å². The molecule has 0 aromatic carbocycles. The van der Waals surface area contributed by atoms with E-state index in [9.17, 15) is 4.79 Å². The number of rotatable bonds is 4. The summed E-state index contributed by atoms with van der Waals surface area (Å²) in [6.07, 6.45) is 1.68. The summed E-state index contributed by atoms with van der Waals surface area (Å²) >= 11 is 1.61. The summed E-state index contributed by atoms with van der Waals surface area (Å²) in [5.74, 6) is 1.96. The molecule has 3 heteroatoms. The third-order valence-corrected chi connectivity index (χ3v) is 3.27. The van der Waals surface area contributed by atoms with Crippen LogP contribution in [-0.4, -0.2) is 11.0 Å². The molecule has 0 aliphatic heterocycles. The lowest BCUT2D eigenvalue weighted by Gasteiger charge is -2.05. The zero-order valence-electron chi connectivity index (χ0n) is 8.16. The SMILES string of the molecule is CC(=O)C(C)SCc1occc1C. The van der Waals surface area contributed by atoms with Gasteiger partial charge >= 0.3 is 0 Å². The molecule has 0 aliphatic rings. The molecule has 1 heterocycles. The molecule has 0 N–H and O–H groups in total. The van der Waals surface area contributed by atoms with Gasteiger partial charge in [0.15, 0.2) is 0 Å². The lowest BCUT2D eigenvalue weighted by atomic mass is 10.3. The van der Waals surface area contributed by atoms with Crippen LogP contribution in [0.5, 0.6) is 0 Å². The molecule has 0 bridgehead atoms. The Morgan fingerprint density at radius 2 is 2.38 bits per heavy atom. The monoisotopic (exact) mass is 198 g/mol. The van der Waals surface area contributed by atoms with Gasteiger partial charge in [0.05, 0.1) is 17.3 Å². The molecular weight excluding hydrogens is 184 g/mol. The molecule has 1 unspecified atom stereocenters. The van der Waals surface area contributed by atoms with E-state index in [0.717, 1.165) is 17.1 Å². The summed E-state index contributed by atoms with van der Waals surface area (Å²) in [6.45, 7) is 5.55. The van der Waals surface area contributed by atoms with E-state index in [1.54, 1.807) is 24.9 Å². The Hall–Kier alpha value is -0.700. The summed E-state index contributed by atoms with van der Waals surface area (Å²) in [4.78, 5) is 10.9. The summed E-state index contributed by atoms with van der Waals surface area (Å²) in [5, 5.41) is 0.0597. The van der Waals surface area contributed by atoms with Crippen LogP contribution in [0.2, 0.25) is 0 Å². The Morgan fingerprint density at radius 1 is 1.69 bits per heavy atom. The fourth-order valence-electron chi connectivity index (χ4n) is 0.870. The minimum Gasteiger partial charge on any atom is -0.468 e. The normalized spacial score (nSPS) is 12.8. The maximum absolute atomic E-state index is 10.9. The van der Waals surface area contributed by atoms with Crippen molar-refractivity contribution in [2.45, 2.75) is 31.8 Å². The zero-order chi connectivity index (χ0) is 9.84. The van der Waals surface area contributed by atoms with Gasteiger partial charge in [-0.05, 0) is 32.4 Å². The predicted octanol–water partition coefficient (Wildman–Crippen LogP) is 2.80. The van der Waals surface area contributed by atoms with E-state index in [0.29, 0.717) is 0 Å². The summed E-state index contributed by atoms with van der Waals surface area (Å²) in [7, 11) is 0. The number of thioether (sulfide) groups is 1. The number of hydrogen-bond acceptors (Lipinski definition) is 3. The van der Waals surface area contributed by atoms with Crippen molar-refractivity contribution in [1.29, 1.82) is 0 Å². The highest BCUT2D eigenvalue weighted by Gasteiger charge is 2.10.